The summed E-state index contributed by atoms with van der Waals surface area (Å²) in [5, 5.41) is 0. The minimum atomic E-state index is -4.00. The molecule has 3 aromatic rings. The maximum atomic E-state index is 13.6. The summed E-state index contributed by atoms with van der Waals surface area (Å²) in [6, 6.07) is 21.2. The van der Waals surface area contributed by atoms with Gasteiger partial charge in [0.2, 0.25) is 20.0 Å². The average molecular weight is 545 g/mol. The van der Waals surface area contributed by atoms with Crippen molar-refractivity contribution in [2.75, 3.05) is 54.1 Å². The van der Waals surface area contributed by atoms with Gasteiger partial charge in [0.05, 0.1) is 24.7 Å². The van der Waals surface area contributed by atoms with Gasteiger partial charge in [-0.3, -0.25) is 4.72 Å². The van der Waals surface area contributed by atoms with E-state index >= 15 is 0 Å². The van der Waals surface area contributed by atoms with Gasteiger partial charge in [-0.15, -0.1) is 0 Å². The molecule has 0 aliphatic carbocycles. The lowest BCUT2D eigenvalue weighted by atomic mass is 10.1. The number of sulfonamides is 2. The molecule has 1 atom stereocenters. The van der Waals surface area contributed by atoms with Gasteiger partial charge in [-0.05, 0) is 42.8 Å². The van der Waals surface area contributed by atoms with Crippen molar-refractivity contribution in [1.29, 1.82) is 0 Å². The Morgan fingerprint density at radius 1 is 0.811 bits per heavy atom. The van der Waals surface area contributed by atoms with Crippen LogP contribution >= 0.6 is 0 Å². The molecule has 37 heavy (non-hydrogen) atoms. The Bertz CT molecular complexity index is 1440. The van der Waals surface area contributed by atoms with Crippen molar-refractivity contribution < 1.29 is 21.6 Å². The first-order valence-electron chi connectivity index (χ1n) is 11.9. The largest absolute Gasteiger partial charge is 0.495 e. The van der Waals surface area contributed by atoms with E-state index in [1.165, 1.54) is 6.07 Å². The van der Waals surface area contributed by atoms with Gasteiger partial charge in [-0.25, -0.2) is 21.6 Å². The molecular formula is C26H32N4O5S2. The molecule has 3 aromatic carbocycles. The topological polar surface area (TPSA) is 108 Å². The number of benzene rings is 3. The zero-order chi connectivity index (χ0) is 26.6. The highest BCUT2D eigenvalue weighted by Gasteiger charge is 2.28. The second-order valence-corrected chi connectivity index (χ2v) is 12.4. The highest BCUT2D eigenvalue weighted by Crippen LogP contribution is 2.33. The molecule has 198 valence electrons. The van der Waals surface area contributed by atoms with Crippen LogP contribution in [0.3, 0.4) is 0 Å². The monoisotopic (exact) mass is 544 g/mol. The van der Waals surface area contributed by atoms with Crippen molar-refractivity contribution in [3.05, 3.63) is 78.4 Å². The second-order valence-electron chi connectivity index (χ2n) is 8.96. The Labute approximate surface area is 219 Å². The van der Waals surface area contributed by atoms with E-state index in [-0.39, 0.29) is 10.6 Å². The molecular weight excluding hydrogens is 512 g/mol. The summed E-state index contributed by atoms with van der Waals surface area (Å²) < 4.78 is 61.6. The molecule has 0 aromatic heterocycles. The van der Waals surface area contributed by atoms with Gasteiger partial charge < -0.3 is 14.5 Å². The molecule has 9 nitrogen and oxygen atoms in total. The minimum absolute atomic E-state index is 0.0228. The van der Waals surface area contributed by atoms with Crippen LogP contribution in [0.15, 0.2) is 77.7 Å². The quantitative estimate of drug-likeness (QED) is 0.425. The van der Waals surface area contributed by atoms with Gasteiger partial charge in [0.25, 0.3) is 0 Å². The van der Waals surface area contributed by atoms with E-state index in [1.54, 1.807) is 26.2 Å². The number of nitrogens with one attached hydrogen (secondary N) is 2. The molecule has 2 N–H and O–H groups in total. The summed E-state index contributed by atoms with van der Waals surface area (Å²) in [6.45, 7) is 4.26. The number of piperazine rings is 1. The van der Waals surface area contributed by atoms with E-state index in [4.69, 9.17) is 4.74 Å². The van der Waals surface area contributed by atoms with E-state index in [0.717, 1.165) is 23.3 Å². The summed E-state index contributed by atoms with van der Waals surface area (Å²) in [7, 11) is -5.95. The predicted molar refractivity (Wildman–Crippen MR) is 148 cm³/mol. The standard InChI is InChI=1S/C26H32N4O5S2/c1-20(21-9-5-4-6-10-21)27-37(33,34)26-19-22(28-36(3,31)32)13-14-24(26)30-17-15-29(16-18-30)23-11-7-8-12-25(23)35-2/h4-14,19-20,27-28H,15-18H2,1-3H3. The van der Waals surface area contributed by atoms with Crippen molar-refractivity contribution in [1.82, 2.24) is 4.72 Å². The molecule has 4 rings (SSSR count). The lowest BCUT2D eigenvalue weighted by Crippen LogP contribution is -2.47. The van der Waals surface area contributed by atoms with Gasteiger partial charge >= 0.3 is 0 Å². The van der Waals surface area contributed by atoms with E-state index < -0.39 is 26.1 Å². The fourth-order valence-electron chi connectivity index (χ4n) is 4.45. The molecule has 1 aliphatic rings. The van der Waals surface area contributed by atoms with Crippen LogP contribution in [0.5, 0.6) is 5.75 Å². The van der Waals surface area contributed by atoms with E-state index in [1.807, 2.05) is 59.5 Å². The van der Waals surface area contributed by atoms with E-state index in [9.17, 15) is 16.8 Å². The molecule has 0 radical (unpaired) electrons. The number of anilines is 3. The van der Waals surface area contributed by atoms with Crippen LogP contribution in [-0.4, -0.2) is 56.4 Å². The molecule has 1 saturated heterocycles. The molecule has 1 aliphatic heterocycles. The molecule has 0 saturated carbocycles. The number of ether oxygens (including phenoxy) is 1. The Morgan fingerprint density at radius 2 is 1.41 bits per heavy atom. The third-order valence-corrected chi connectivity index (χ3v) is 8.41. The summed E-state index contributed by atoms with van der Waals surface area (Å²) >= 11 is 0. The first-order valence-corrected chi connectivity index (χ1v) is 15.3. The number of hydrogen-bond donors (Lipinski definition) is 2. The number of para-hydroxylation sites is 2. The lowest BCUT2D eigenvalue weighted by Gasteiger charge is -2.38. The highest BCUT2D eigenvalue weighted by atomic mass is 32.2. The maximum Gasteiger partial charge on any atom is 0.243 e. The molecule has 1 unspecified atom stereocenters. The number of nitrogens with zero attached hydrogens (tertiary/aromatic N) is 2. The van der Waals surface area contributed by atoms with Crippen molar-refractivity contribution in [3.63, 3.8) is 0 Å². The maximum absolute atomic E-state index is 13.6. The summed E-state index contributed by atoms with van der Waals surface area (Å²) in [6.07, 6.45) is 1.03. The smallest absolute Gasteiger partial charge is 0.243 e. The second kappa shape index (κ2) is 11.0. The fraction of sp³-hybridized carbons (Fsp3) is 0.308. The Morgan fingerprint density at radius 3 is 2.03 bits per heavy atom. The third-order valence-electron chi connectivity index (χ3n) is 6.23. The predicted octanol–water partition coefficient (Wildman–Crippen LogP) is 3.43. The SMILES string of the molecule is COc1ccccc1N1CCN(c2ccc(NS(C)(=O)=O)cc2S(=O)(=O)NC(C)c2ccccc2)CC1. The van der Waals surface area contributed by atoms with Gasteiger partial charge in [0.1, 0.15) is 10.6 Å². The first kappa shape index (κ1) is 26.8. The molecule has 0 amide bonds. The molecule has 0 bridgehead atoms. The Hall–Kier alpha value is -3.28. The lowest BCUT2D eigenvalue weighted by molar-refractivity contribution is 0.413. The zero-order valence-electron chi connectivity index (χ0n) is 21.1. The van der Waals surface area contributed by atoms with Gasteiger partial charge in [-0.1, -0.05) is 42.5 Å². The van der Waals surface area contributed by atoms with E-state index in [2.05, 4.69) is 14.3 Å². The Kier molecular flexibility index (Phi) is 7.96. The van der Waals surface area contributed by atoms with Gasteiger partial charge in [-0.2, -0.15) is 0 Å². The van der Waals surface area contributed by atoms with Crippen LogP contribution in [0.25, 0.3) is 0 Å². The number of methoxy groups -OCH3 is 1. The minimum Gasteiger partial charge on any atom is -0.495 e. The summed E-state index contributed by atoms with van der Waals surface area (Å²) in [4.78, 5) is 4.24. The van der Waals surface area contributed by atoms with Crippen LogP contribution in [0.4, 0.5) is 17.1 Å². The molecule has 11 heteroatoms. The Balaban J connectivity index is 1.63. The van der Waals surface area contributed by atoms with E-state index in [0.29, 0.717) is 31.9 Å². The fourth-order valence-corrected chi connectivity index (χ4v) is 6.49. The van der Waals surface area contributed by atoms with Crippen molar-refractivity contribution in [3.8, 4) is 5.75 Å². The number of rotatable bonds is 9. The van der Waals surface area contributed by atoms with Crippen LogP contribution in [0.2, 0.25) is 0 Å². The summed E-state index contributed by atoms with van der Waals surface area (Å²) in [5.41, 5.74) is 2.52. The van der Waals surface area contributed by atoms with Crippen molar-refractivity contribution >= 4 is 37.1 Å². The average Bonchev–Trinajstić information content (AvgIpc) is 2.88. The zero-order valence-corrected chi connectivity index (χ0v) is 22.7. The molecule has 1 fully saturated rings. The van der Waals surface area contributed by atoms with Crippen LogP contribution in [-0.2, 0) is 20.0 Å². The van der Waals surface area contributed by atoms with Gasteiger partial charge in [0.15, 0.2) is 0 Å². The molecule has 1 heterocycles. The van der Waals surface area contributed by atoms with Crippen molar-refractivity contribution in [2.45, 2.75) is 17.9 Å². The summed E-state index contributed by atoms with van der Waals surface area (Å²) in [5.74, 6) is 0.787. The first-order chi connectivity index (χ1) is 17.6. The van der Waals surface area contributed by atoms with Gasteiger partial charge in [0, 0.05) is 37.9 Å². The van der Waals surface area contributed by atoms with Crippen LogP contribution in [0, 0.1) is 0 Å². The number of hydrogen-bond acceptors (Lipinski definition) is 7. The van der Waals surface area contributed by atoms with Crippen molar-refractivity contribution in [2.24, 2.45) is 0 Å². The third kappa shape index (κ3) is 6.54. The normalized spacial score (nSPS) is 15.3. The molecule has 0 spiro atoms. The highest BCUT2D eigenvalue weighted by molar-refractivity contribution is 7.92. The van der Waals surface area contributed by atoms with Crippen LogP contribution < -0.4 is 24.0 Å². The van der Waals surface area contributed by atoms with Crippen LogP contribution in [0.1, 0.15) is 18.5 Å².